The summed E-state index contributed by atoms with van der Waals surface area (Å²) in [5.41, 5.74) is 7.48. The van der Waals surface area contributed by atoms with Gasteiger partial charge in [0.15, 0.2) is 5.82 Å². The summed E-state index contributed by atoms with van der Waals surface area (Å²) in [6, 6.07) is 21.7. The van der Waals surface area contributed by atoms with Crippen LogP contribution in [0.15, 0.2) is 97.6 Å². The number of carbonyl (C=O) groups is 1. The average Bonchev–Trinajstić information content (AvgIpc) is 3.68. The molecular weight excluding hydrogens is 617 g/mol. The van der Waals surface area contributed by atoms with E-state index >= 15 is 0 Å². The molecule has 0 saturated carbocycles. The molecule has 0 radical (unpaired) electrons. The molecule has 0 aliphatic carbocycles. The first kappa shape index (κ1) is 29.9. The van der Waals surface area contributed by atoms with Crippen molar-refractivity contribution in [3.8, 4) is 33.8 Å². The highest BCUT2D eigenvalue weighted by Crippen LogP contribution is 2.33. The molecule has 0 spiro atoms. The van der Waals surface area contributed by atoms with Gasteiger partial charge in [0.05, 0.1) is 46.8 Å². The summed E-state index contributed by atoms with van der Waals surface area (Å²) in [6.45, 7) is 0. The van der Waals surface area contributed by atoms with Gasteiger partial charge in [0, 0.05) is 35.2 Å². The van der Waals surface area contributed by atoms with Gasteiger partial charge in [-0.15, -0.1) is 0 Å². The van der Waals surface area contributed by atoms with Crippen LogP contribution in [0.2, 0.25) is 0 Å². The number of aryl methyl sites for hydroxylation is 1. The molecule has 0 aliphatic rings. The predicted molar refractivity (Wildman–Crippen MR) is 180 cm³/mol. The van der Waals surface area contributed by atoms with Crippen molar-refractivity contribution in [1.29, 1.82) is 0 Å². The molecule has 47 heavy (non-hydrogen) atoms. The van der Waals surface area contributed by atoms with E-state index in [1.165, 1.54) is 12.1 Å². The van der Waals surface area contributed by atoms with Crippen LogP contribution in [-0.4, -0.2) is 56.5 Å². The highest BCUT2D eigenvalue weighted by Gasteiger charge is 2.17. The first-order valence-corrected chi connectivity index (χ1v) is 16.8. The van der Waals surface area contributed by atoms with Crippen molar-refractivity contribution >= 4 is 43.4 Å². The van der Waals surface area contributed by atoms with Gasteiger partial charge in [-0.05, 0) is 59.0 Å². The van der Waals surface area contributed by atoms with Crippen molar-refractivity contribution in [2.45, 2.75) is 12.8 Å². The number of nitrogens with zero attached hydrogens (tertiary/aromatic N) is 4. The fourth-order valence-corrected chi connectivity index (χ4v) is 6.14. The molecule has 0 atom stereocenters. The highest BCUT2D eigenvalue weighted by atomic mass is 32.2. The minimum Gasteiger partial charge on any atom is -0.335 e. The summed E-state index contributed by atoms with van der Waals surface area (Å²) in [7, 11) is -3.21. The molecule has 4 aromatic heterocycles. The molecule has 0 saturated heterocycles. The number of H-pyrrole nitrogens is 2. The molecule has 0 fully saturated rings. The van der Waals surface area contributed by atoms with Crippen LogP contribution in [0.5, 0.6) is 0 Å². The van der Waals surface area contributed by atoms with E-state index in [1.807, 2.05) is 54.6 Å². The number of anilines is 1. The third kappa shape index (κ3) is 6.63. The van der Waals surface area contributed by atoms with Crippen LogP contribution in [-0.2, 0) is 27.5 Å². The molecule has 7 aromatic rings. The summed E-state index contributed by atoms with van der Waals surface area (Å²) >= 11 is 0. The molecule has 7 rings (SSSR count). The van der Waals surface area contributed by atoms with Crippen molar-refractivity contribution in [3.63, 3.8) is 0 Å². The second-order valence-electron chi connectivity index (χ2n) is 11.4. The Kier molecular flexibility index (Phi) is 7.78. The van der Waals surface area contributed by atoms with Crippen LogP contribution in [0.1, 0.15) is 11.1 Å². The molecule has 234 valence electrons. The lowest BCUT2D eigenvalue weighted by atomic mass is 10.0. The molecule has 0 unspecified atom stereocenters. The van der Waals surface area contributed by atoms with Crippen LogP contribution in [0.25, 0.3) is 55.7 Å². The van der Waals surface area contributed by atoms with E-state index in [4.69, 9.17) is 4.98 Å². The number of halogens is 1. The molecule has 12 heteroatoms. The minimum atomic E-state index is -3.21. The van der Waals surface area contributed by atoms with E-state index in [0.717, 1.165) is 33.8 Å². The highest BCUT2D eigenvalue weighted by molar-refractivity contribution is 7.90. The van der Waals surface area contributed by atoms with Gasteiger partial charge in [0.1, 0.15) is 21.3 Å². The number of carbonyl (C=O) groups excluding carboxylic acids is 1. The van der Waals surface area contributed by atoms with Gasteiger partial charge in [-0.1, -0.05) is 42.5 Å². The maximum atomic E-state index is 14.7. The summed E-state index contributed by atoms with van der Waals surface area (Å²) in [5.74, 6) is -0.197. The minimum absolute atomic E-state index is 0.0810. The number of fused-ring (bicyclic) bond motifs is 2. The van der Waals surface area contributed by atoms with Gasteiger partial charge >= 0.3 is 0 Å². The van der Waals surface area contributed by atoms with Crippen molar-refractivity contribution in [2.75, 3.05) is 17.3 Å². The Hall–Kier alpha value is -5.75. The molecular formula is C35H28FN7O3S. The number of sulfone groups is 1. The van der Waals surface area contributed by atoms with Crippen molar-refractivity contribution in [3.05, 3.63) is 115 Å². The van der Waals surface area contributed by atoms with Crippen molar-refractivity contribution < 1.29 is 17.6 Å². The zero-order valence-corrected chi connectivity index (χ0v) is 26.0. The zero-order valence-electron chi connectivity index (χ0n) is 25.2. The number of pyridine rings is 2. The van der Waals surface area contributed by atoms with Crippen molar-refractivity contribution in [1.82, 2.24) is 30.1 Å². The standard InChI is InChI=1S/C35H28FN7O3S/c1-47(45,46)10-9-22-11-24(14-26(36)12-22)29-19-38-20-31-33(29)41-35(40-31)34-28-16-23(7-8-30(28)42-43-34)25-15-27(18-37-17-25)39-32(44)13-21-5-3-2-4-6-21/h2-8,11-12,14-20H,9-10,13H2,1H3,(H,39,44)(H,40,41)(H,42,43). The van der Waals surface area contributed by atoms with E-state index in [0.29, 0.717) is 44.9 Å². The molecule has 4 heterocycles. The van der Waals surface area contributed by atoms with E-state index < -0.39 is 15.7 Å². The van der Waals surface area contributed by atoms with Gasteiger partial charge in [0.2, 0.25) is 5.91 Å². The Morgan fingerprint density at radius 2 is 1.68 bits per heavy atom. The topological polar surface area (TPSA) is 146 Å². The quantitative estimate of drug-likeness (QED) is 0.171. The molecule has 3 N–H and O–H groups in total. The van der Waals surface area contributed by atoms with E-state index in [2.05, 4.69) is 30.5 Å². The SMILES string of the molecule is CS(=O)(=O)CCc1cc(F)cc(-c2cncc3[nH]c(-c4n[nH]c5ccc(-c6cncc(NC(=O)Cc7ccccc7)c6)cc45)nc23)c1. The summed E-state index contributed by atoms with van der Waals surface area (Å²) < 4.78 is 38.0. The number of aromatic amines is 2. The number of benzene rings is 3. The summed E-state index contributed by atoms with van der Waals surface area (Å²) in [6.07, 6.45) is 8.21. The maximum absolute atomic E-state index is 14.7. The second-order valence-corrected chi connectivity index (χ2v) is 13.7. The number of aromatic nitrogens is 6. The Bertz CT molecular complexity index is 2390. The predicted octanol–water partition coefficient (Wildman–Crippen LogP) is 6.14. The lowest BCUT2D eigenvalue weighted by molar-refractivity contribution is -0.115. The lowest BCUT2D eigenvalue weighted by Crippen LogP contribution is -2.14. The van der Waals surface area contributed by atoms with Crippen LogP contribution in [0.3, 0.4) is 0 Å². The molecule has 3 aromatic carbocycles. The third-order valence-electron chi connectivity index (χ3n) is 7.77. The van der Waals surface area contributed by atoms with E-state index in [-0.39, 0.29) is 24.5 Å². The number of hydrogen-bond donors (Lipinski definition) is 3. The van der Waals surface area contributed by atoms with Crippen LogP contribution in [0, 0.1) is 5.82 Å². The monoisotopic (exact) mass is 645 g/mol. The van der Waals surface area contributed by atoms with Crippen LogP contribution >= 0.6 is 0 Å². The number of nitrogens with one attached hydrogen (secondary N) is 3. The average molecular weight is 646 g/mol. The Balaban J connectivity index is 1.20. The number of hydrogen-bond acceptors (Lipinski definition) is 7. The zero-order chi connectivity index (χ0) is 32.5. The molecule has 0 aliphatic heterocycles. The Labute approximate surface area is 269 Å². The number of amides is 1. The first-order chi connectivity index (χ1) is 22.7. The van der Waals surface area contributed by atoms with Crippen molar-refractivity contribution in [2.24, 2.45) is 0 Å². The number of imidazole rings is 1. The fourth-order valence-electron chi connectivity index (χ4n) is 5.54. The van der Waals surface area contributed by atoms with Gasteiger partial charge in [0.25, 0.3) is 0 Å². The van der Waals surface area contributed by atoms with Crippen LogP contribution in [0.4, 0.5) is 10.1 Å². The van der Waals surface area contributed by atoms with E-state index in [1.54, 1.807) is 30.9 Å². The largest absolute Gasteiger partial charge is 0.335 e. The van der Waals surface area contributed by atoms with Gasteiger partial charge in [-0.3, -0.25) is 19.9 Å². The number of rotatable bonds is 9. The van der Waals surface area contributed by atoms with E-state index in [9.17, 15) is 17.6 Å². The summed E-state index contributed by atoms with van der Waals surface area (Å²) in [5, 5.41) is 11.3. The molecule has 0 bridgehead atoms. The van der Waals surface area contributed by atoms with Crippen LogP contribution < -0.4 is 5.32 Å². The Morgan fingerprint density at radius 3 is 2.51 bits per heavy atom. The van der Waals surface area contributed by atoms with Gasteiger partial charge in [-0.25, -0.2) is 17.8 Å². The Morgan fingerprint density at radius 1 is 0.851 bits per heavy atom. The fraction of sp³-hybridized carbons (Fsp3) is 0.114. The maximum Gasteiger partial charge on any atom is 0.228 e. The first-order valence-electron chi connectivity index (χ1n) is 14.8. The summed E-state index contributed by atoms with van der Waals surface area (Å²) in [4.78, 5) is 29.5. The third-order valence-corrected chi connectivity index (χ3v) is 8.72. The molecule has 1 amide bonds. The smallest absolute Gasteiger partial charge is 0.228 e. The normalized spacial score (nSPS) is 11.7. The van der Waals surface area contributed by atoms with Gasteiger partial charge < -0.3 is 10.3 Å². The second kappa shape index (κ2) is 12.2. The lowest BCUT2D eigenvalue weighted by Gasteiger charge is -2.08. The van der Waals surface area contributed by atoms with Gasteiger partial charge in [-0.2, -0.15) is 5.10 Å². The molecule has 10 nitrogen and oxygen atoms in total.